The lowest BCUT2D eigenvalue weighted by Crippen LogP contribution is -2.41. The van der Waals surface area contributed by atoms with E-state index in [1.165, 1.54) is 10.7 Å². The number of carboxylic acid groups (broad SMARTS) is 1. The Balaban J connectivity index is 1.53. The van der Waals surface area contributed by atoms with Gasteiger partial charge in [-0.05, 0) is 37.2 Å². The van der Waals surface area contributed by atoms with Crippen molar-refractivity contribution in [3.63, 3.8) is 0 Å². The molecule has 1 aromatic heterocycles. The number of hydrogen-bond donors (Lipinski definition) is 1. The molecule has 1 N–H and O–H groups in total. The number of nitrogens with zero attached hydrogens (tertiary/aromatic N) is 4. The quantitative estimate of drug-likeness (QED) is 0.655. The zero-order chi connectivity index (χ0) is 22.6. The lowest BCUT2D eigenvalue weighted by molar-refractivity contribution is 0.199. The van der Waals surface area contributed by atoms with Crippen LogP contribution in [0.25, 0.3) is 0 Å². The molecule has 1 saturated carbocycles. The minimum atomic E-state index is -3.47. The highest BCUT2D eigenvalue weighted by Gasteiger charge is 2.38. The van der Waals surface area contributed by atoms with Gasteiger partial charge in [0.25, 0.3) is 0 Å². The van der Waals surface area contributed by atoms with Crippen molar-refractivity contribution in [1.29, 1.82) is 0 Å². The molecule has 2 heterocycles. The fourth-order valence-corrected chi connectivity index (χ4v) is 6.81. The Kier molecular flexibility index (Phi) is 7.10. The molecule has 9 nitrogen and oxygen atoms in total. The Morgan fingerprint density at radius 3 is 2.53 bits per heavy atom. The van der Waals surface area contributed by atoms with Gasteiger partial charge >= 0.3 is 12.1 Å². The molecule has 0 unspecified atom stereocenters. The number of piperidine rings is 1. The lowest BCUT2D eigenvalue weighted by atomic mass is 9.91. The molecule has 1 aliphatic heterocycles. The minimum Gasteiger partial charge on any atom is -0.465 e. The van der Waals surface area contributed by atoms with Gasteiger partial charge in [-0.15, -0.1) is 0 Å². The number of sulfonamides is 1. The van der Waals surface area contributed by atoms with Gasteiger partial charge in [-0.1, -0.05) is 61.2 Å². The van der Waals surface area contributed by atoms with Crippen LogP contribution >= 0.6 is 0 Å². The predicted octanol–water partition coefficient (Wildman–Crippen LogP) is 4.19. The maximum Gasteiger partial charge on any atom is 0.415 e. The van der Waals surface area contributed by atoms with Gasteiger partial charge in [0.05, 0.1) is 18.3 Å². The molecule has 0 radical (unpaired) electrons. The molecule has 174 valence electrons. The van der Waals surface area contributed by atoms with Crippen molar-refractivity contribution in [3.05, 3.63) is 41.7 Å². The summed E-state index contributed by atoms with van der Waals surface area (Å²) in [6.07, 6.45) is 6.29. The summed E-state index contributed by atoms with van der Waals surface area (Å²) >= 11 is 0. The topological polar surface area (TPSA) is 117 Å². The van der Waals surface area contributed by atoms with E-state index in [0.29, 0.717) is 13.0 Å². The minimum absolute atomic E-state index is 0.0617. The first-order chi connectivity index (χ1) is 15.4. The lowest BCUT2D eigenvalue weighted by Gasteiger charge is -2.34. The standard InChI is InChI=1S/C22H30N4O5S/c27-22(28)25(15-17-9-3-1-4-10-17)21-23-20(24-31-21)19-13-7-8-14-26(19)32(29,30)16-18-11-5-2-6-12-18/h1,3-4,9-10,18-19H,2,5-8,11-16H2,(H,27,28)/t19-/m0/s1. The fraction of sp³-hybridized carbons (Fsp3) is 0.591. The monoisotopic (exact) mass is 462 g/mol. The second kappa shape index (κ2) is 9.99. The molecule has 4 rings (SSSR count). The molecule has 1 aromatic carbocycles. The van der Waals surface area contributed by atoms with Crippen molar-refractivity contribution in [2.45, 2.75) is 64.0 Å². The summed E-state index contributed by atoms with van der Waals surface area (Å²) in [6, 6.07) is 8.46. The van der Waals surface area contributed by atoms with Gasteiger partial charge in [0.15, 0.2) is 5.82 Å². The molecule has 1 aliphatic carbocycles. The smallest absolute Gasteiger partial charge is 0.415 e. The van der Waals surface area contributed by atoms with E-state index < -0.39 is 22.2 Å². The highest BCUT2D eigenvalue weighted by Crippen LogP contribution is 2.35. The van der Waals surface area contributed by atoms with Crippen molar-refractivity contribution in [1.82, 2.24) is 14.4 Å². The second-order valence-electron chi connectivity index (χ2n) is 8.69. The molecule has 0 spiro atoms. The molecular weight excluding hydrogens is 432 g/mol. The zero-order valence-electron chi connectivity index (χ0n) is 18.1. The van der Waals surface area contributed by atoms with Crippen LogP contribution in [0.1, 0.15) is 68.8 Å². The van der Waals surface area contributed by atoms with E-state index in [1.807, 2.05) is 30.3 Å². The van der Waals surface area contributed by atoms with Crippen LogP contribution in [0.4, 0.5) is 10.8 Å². The third-order valence-corrected chi connectivity index (χ3v) is 8.40. The Morgan fingerprint density at radius 1 is 1.09 bits per heavy atom. The van der Waals surface area contributed by atoms with Crippen LogP contribution in [0.2, 0.25) is 0 Å². The molecule has 10 heteroatoms. The van der Waals surface area contributed by atoms with E-state index in [-0.39, 0.29) is 30.1 Å². The summed E-state index contributed by atoms with van der Waals surface area (Å²) in [5, 5.41) is 13.7. The Bertz CT molecular complexity index is 1000. The highest BCUT2D eigenvalue weighted by atomic mass is 32.2. The van der Waals surface area contributed by atoms with Crippen LogP contribution in [-0.2, 0) is 16.6 Å². The Hall–Kier alpha value is -2.46. The number of rotatable bonds is 7. The predicted molar refractivity (Wildman–Crippen MR) is 119 cm³/mol. The third-order valence-electron chi connectivity index (χ3n) is 6.36. The molecule has 32 heavy (non-hydrogen) atoms. The molecule has 1 saturated heterocycles. The summed E-state index contributed by atoms with van der Waals surface area (Å²) in [4.78, 5) is 17.1. The molecular formula is C22H30N4O5S. The Labute approximate surface area is 188 Å². The van der Waals surface area contributed by atoms with Gasteiger partial charge in [0, 0.05) is 6.54 Å². The van der Waals surface area contributed by atoms with Crippen LogP contribution in [-0.4, -0.2) is 46.4 Å². The van der Waals surface area contributed by atoms with Gasteiger partial charge in [0.1, 0.15) is 0 Å². The number of aromatic nitrogens is 2. The maximum atomic E-state index is 13.3. The molecule has 2 fully saturated rings. The molecule has 1 atom stereocenters. The number of amides is 1. The van der Waals surface area contributed by atoms with Gasteiger partial charge in [-0.3, -0.25) is 0 Å². The molecule has 0 bridgehead atoms. The van der Waals surface area contributed by atoms with Crippen molar-refractivity contribution in [3.8, 4) is 0 Å². The van der Waals surface area contributed by atoms with Gasteiger partial charge in [-0.25, -0.2) is 18.1 Å². The highest BCUT2D eigenvalue weighted by molar-refractivity contribution is 7.89. The average molecular weight is 463 g/mol. The first kappa shape index (κ1) is 22.7. The number of carbonyl (C=O) groups is 1. The summed E-state index contributed by atoms with van der Waals surface area (Å²) < 4.78 is 33.3. The zero-order valence-corrected chi connectivity index (χ0v) is 18.9. The molecule has 2 aromatic rings. The summed E-state index contributed by atoms with van der Waals surface area (Å²) in [7, 11) is -3.47. The first-order valence-corrected chi connectivity index (χ1v) is 12.9. The average Bonchev–Trinajstić information content (AvgIpc) is 3.28. The Morgan fingerprint density at radius 2 is 1.81 bits per heavy atom. The van der Waals surface area contributed by atoms with E-state index in [4.69, 9.17) is 4.52 Å². The number of anilines is 1. The van der Waals surface area contributed by atoms with E-state index in [2.05, 4.69) is 10.1 Å². The van der Waals surface area contributed by atoms with Crippen molar-refractivity contribution >= 4 is 22.1 Å². The van der Waals surface area contributed by atoms with Crippen LogP contribution in [0.15, 0.2) is 34.9 Å². The third kappa shape index (κ3) is 5.29. The first-order valence-electron chi connectivity index (χ1n) is 11.3. The van der Waals surface area contributed by atoms with Crippen LogP contribution < -0.4 is 4.90 Å². The summed E-state index contributed by atoms with van der Waals surface area (Å²) in [5.41, 5.74) is 0.781. The molecule has 2 aliphatic rings. The van der Waals surface area contributed by atoms with Crippen molar-refractivity contribution < 1.29 is 22.8 Å². The van der Waals surface area contributed by atoms with E-state index >= 15 is 0 Å². The van der Waals surface area contributed by atoms with E-state index in [9.17, 15) is 18.3 Å². The van der Waals surface area contributed by atoms with Gasteiger partial charge < -0.3 is 9.63 Å². The second-order valence-corrected chi connectivity index (χ2v) is 10.7. The number of hydrogen-bond acceptors (Lipinski definition) is 6. The van der Waals surface area contributed by atoms with Crippen molar-refractivity contribution in [2.24, 2.45) is 5.92 Å². The normalized spacial score (nSPS) is 20.8. The maximum absolute atomic E-state index is 13.3. The fourth-order valence-electron chi connectivity index (χ4n) is 4.70. The van der Waals surface area contributed by atoms with E-state index in [0.717, 1.165) is 49.0 Å². The summed E-state index contributed by atoms with van der Waals surface area (Å²) in [5.74, 6) is 0.584. The van der Waals surface area contributed by atoms with Crippen molar-refractivity contribution in [2.75, 3.05) is 17.2 Å². The van der Waals surface area contributed by atoms with Gasteiger partial charge in [0.2, 0.25) is 10.0 Å². The van der Waals surface area contributed by atoms with Crippen LogP contribution in [0.5, 0.6) is 0 Å². The number of benzene rings is 1. The summed E-state index contributed by atoms with van der Waals surface area (Å²) in [6.45, 7) is 0.489. The van der Waals surface area contributed by atoms with E-state index in [1.54, 1.807) is 0 Å². The van der Waals surface area contributed by atoms with Gasteiger partial charge in [-0.2, -0.15) is 9.29 Å². The SMILES string of the molecule is O=C(O)N(Cc1ccccc1)c1nc([C@@H]2CCCCN2S(=O)(=O)CC2CCCCC2)no1. The largest absolute Gasteiger partial charge is 0.465 e. The van der Waals surface area contributed by atoms with Crippen LogP contribution in [0.3, 0.4) is 0 Å². The molecule has 1 amide bonds. The van der Waals surface area contributed by atoms with Crippen LogP contribution in [0, 0.1) is 5.92 Å².